The summed E-state index contributed by atoms with van der Waals surface area (Å²) in [7, 11) is -1.26. The first-order valence-electron chi connectivity index (χ1n) is 11.9. The third-order valence-electron chi connectivity index (χ3n) is 7.33. The number of Topliss-reactive ketones (excluding diaryl/α,β-unsaturated/α-hetero) is 1. The minimum atomic E-state index is -1.26. The van der Waals surface area contributed by atoms with Gasteiger partial charge in [-0.2, -0.15) is 5.10 Å². The van der Waals surface area contributed by atoms with Crippen molar-refractivity contribution in [1.82, 2.24) is 15.1 Å². The molecule has 0 radical (unpaired) electrons. The SMILES string of the molecule is CS(=O)c1cnnc(-c2cc([C@@H](C(=O)N3C[C@H](Cl)[C@H]4OCC(=O)[C@H]43)C3CCCCC3)c(C(N)=O)s2)c1. The number of hydrogen-bond acceptors (Lipinski definition) is 8. The van der Waals surface area contributed by atoms with Crippen LogP contribution in [0.3, 0.4) is 0 Å². The highest BCUT2D eigenvalue weighted by Crippen LogP contribution is 2.44. The Morgan fingerprint density at radius 3 is 2.72 bits per heavy atom. The second-order valence-electron chi connectivity index (χ2n) is 9.56. The fourth-order valence-electron chi connectivity index (χ4n) is 5.64. The zero-order valence-corrected chi connectivity index (χ0v) is 22.1. The second kappa shape index (κ2) is 10.3. The first-order chi connectivity index (χ1) is 17.3. The summed E-state index contributed by atoms with van der Waals surface area (Å²) in [6, 6.07) is 2.74. The third kappa shape index (κ3) is 4.62. The number of aromatic nitrogens is 2. The molecule has 2 amide bonds. The van der Waals surface area contributed by atoms with Crippen LogP contribution in [0.5, 0.6) is 0 Å². The summed E-state index contributed by atoms with van der Waals surface area (Å²) < 4.78 is 17.6. The Labute approximate surface area is 220 Å². The number of thiophene rings is 1. The number of ether oxygens (including phenoxy) is 1. The first kappa shape index (κ1) is 25.4. The number of halogens is 1. The van der Waals surface area contributed by atoms with Crippen molar-refractivity contribution in [1.29, 1.82) is 0 Å². The van der Waals surface area contributed by atoms with Gasteiger partial charge in [0.15, 0.2) is 5.78 Å². The van der Waals surface area contributed by atoms with E-state index in [1.165, 1.54) is 6.20 Å². The van der Waals surface area contributed by atoms with Crippen molar-refractivity contribution in [2.45, 2.75) is 60.4 Å². The largest absolute Gasteiger partial charge is 0.366 e. The molecule has 192 valence electrons. The van der Waals surface area contributed by atoms with Crippen molar-refractivity contribution in [3.63, 3.8) is 0 Å². The quantitative estimate of drug-likeness (QED) is 0.546. The number of fused-ring (bicyclic) bond motifs is 1. The van der Waals surface area contributed by atoms with Gasteiger partial charge in [-0.1, -0.05) is 19.3 Å². The predicted molar refractivity (Wildman–Crippen MR) is 135 cm³/mol. The molecule has 3 fully saturated rings. The van der Waals surface area contributed by atoms with E-state index in [1.807, 2.05) is 0 Å². The van der Waals surface area contributed by atoms with Gasteiger partial charge in [0.25, 0.3) is 5.91 Å². The van der Waals surface area contributed by atoms with Crippen molar-refractivity contribution in [3.8, 4) is 10.6 Å². The maximum absolute atomic E-state index is 14.2. The van der Waals surface area contributed by atoms with E-state index in [0.29, 0.717) is 21.0 Å². The van der Waals surface area contributed by atoms with Crippen LogP contribution in [0.2, 0.25) is 0 Å². The van der Waals surface area contributed by atoms with Crippen molar-refractivity contribution in [2.75, 3.05) is 19.4 Å². The van der Waals surface area contributed by atoms with Gasteiger partial charge in [-0.05, 0) is 36.5 Å². The van der Waals surface area contributed by atoms with Crippen LogP contribution < -0.4 is 5.73 Å². The van der Waals surface area contributed by atoms with E-state index >= 15 is 0 Å². The van der Waals surface area contributed by atoms with Gasteiger partial charge in [-0.25, -0.2) is 0 Å². The molecule has 2 aromatic rings. The highest BCUT2D eigenvalue weighted by atomic mass is 35.5. The smallest absolute Gasteiger partial charge is 0.259 e. The molecule has 36 heavy (non-hydrogen) atoms. The molecular formula is C24H27ClN4O5S2. The van der Waals surface area contributed by atoms with E-state index < -0.39 is 40.1 Å². The molecule has 3 aliphatic rings. The van der Waals surface area contributed by atoms with Gasteiger partial charge in [0.05, 0.1) is 42.9 Å². The lowest BCUT2D eigenvalue weighted by Gasteiger charge is -2.34. The number of carbonyl (C=O) groups excluding carboxylic acids is 3. The summed E-state index contributed by atoms with van der Waals surface area (Å²) in [5.74, 6) is -1.66. The van der Waals surface area contributed by atoms with Crippen LogP contribution in [0.25, 0.3) is 10.6 Å². The van der Waals surface area contributed by atoms with Gasteiger partial charge in [0, 0.05) is 12.8 Å². The molecule has 2 aromatic heterocycles. The third-order valence-corrected chi connectivity index (χ3v) is 9.79. The number of nitrogens with two attached hydrogens (primary N) is 1. The average Bonchev–Trinajstić information content (AvgIpc) is 3.56. The molecule has 1 unspecified atom stereocenters. The number of likely N-dealkylation sites (tertiary alicyclic amines) is 1. The summed E-state index contributed by atoms with van der Waals surface area (Å²) in [5.41, 5.74) is 6.80. The van der Waals surface area contributed by atoms with E-state index in [-0.39, 0.29) is 35.6 Å². The summed E-state index contributed by atoms with van der Waals surface area (Å²) in [4.78, 5) is 42.3. The van der Waals surface area contributed by atoms with Crippen molar-refractivity contribution >= 4 is 51.3 Å². The van der Waals surface area contributed by atoms with E-state index in [9.17, 15) is 18.6 Å². The van der Waals surface area contributed by atoms with Gasteiger partial charge in [-0.15, -0.1) is 28.0 Å². The Kier molecular flexibility index (Phi) is 7.26. The number of rotatable bonds is 6. The number of nitrogens with zero attached hydrogens (tertiary/aromatic N) is 3. The van der Waals surface area contributed by atoms with Gasteiger partial charge in [0.2, 0.25) is 5.91 Å². The first-order valence-corrected chi connectivity index (χ1v) is 14.8. The van der Waals surface area contributed by atoms with Crippen LogP contribution in [-0.4, -0.2) is 73.8 Å². The van der Waals surface area contributed by atoms with Crippen molar-refractivity contribution in [2.24, 2.45) is 11.7 Å². The Balaban J connectivity index is 1.58. The van der Waals surface area contributed by atoms with E-state index in [0.717, 1.165) is 43.4 Å². The van der Waals surface area contributed by atoms with E-state index in [4.69, 9.17) is 22.1 Å². The van der Waals surface area contributed by atoms with Gasteiger partial charge < -0.3 is 15.4 Å². The lowest BCUT2D eigenvalue weighted by atomic mass is 9.76. The average molecular weight is 551 g/mol. The molecule has 0 spiro atoms. The van der Waals surface area contributed by atoms with E-state index in [2.05, 4.69) is 10.2 Å². The van der Waals surface area contributed by atoms with E-state index in [1.54, 1.807) is 23.3 Å². The molecule has 12 heteroatoms. The van der Waals surface area contributed by atoms with Crippen molar-refractivity contribution < 1.29 is 23.3 Å². The standard InChI is InChI=1S/C24H27ClN4O5S2/c1-36(33)13-7-16(28-27-9-13)18-8-14(22(35-18)23(26)31)19(12-5-3-2-4-6-12)24(32)29-10-15(25)21-20(29)17(30)11-34-21/h7-9,12,15,19-21H,2-6,10-11H2,1H3,(H2,26,31)/t15-,19-,20+,21+,36?/m0/s1. The fourth-order valence-corrected chi connectivity index (χ4v) is 7.49. The normalized spacial score (nSPS) is 26.1. The number of hydrogen-bond donors (Lipinski definition) is 1. The minimum Gasteiger partial charge on any atom is -0.366 e. The fraction of sp³-hybridized carbons (Fsp3) is 0.542. The molecule has 5 atom stereocenters. The number of amides is 2. The van der Waals surface area contributed by atoms with Gasteiger partial charge in [-0.3, -0.25) is 18.6 Å². The molecular weight excluding hydrogens is 524 g/mol. The summed E-state index contributed by atoms with van der Waals surface area (Å²) in [6.45, 7) is 0.156. The monoisotopic (exact) mass is 550 g/mol. The highest BCUT2D eigenvalue weighted by molar-refractivity contribution is 7.84. The zero-order valence-electron chi connectivity index (χ0n) is 19.7. The molecule has 2 saturated heterocycles. The molecule has 0 bridgehead atoms. The Morgan fingerprint density at radius 1 is 1.28 bits per heavy atom. The second-order valence-corrected chi connectivity index (χ2v) is 12.6. The van der Waals surface area contributed by atoms with Gasteiger partial charge in [0.1, 0.15) is 24.4 Å². The summed E-state index contributed by atoms with van der Waals surface area (Å²) in [6.07, 6.45) is 7.20. The lowest BCUT2D eigenvalue weighted by Crippen LogP contribution is -2.46. The highest BCUT2D eigenvalue weighted by Gasteiger charge is 2.53. The zero-order chi connectivity index (χ0) is 25.6. The Hall–Kier alpha value is -2.21. The summed E-state index contributed by atoms with van der Waals surface area (Å²) in [5, 5.41) is 7.65. The Morgan fingerprint density at radius 2 is 2.03 bits per heavy atom. The van der Waals surface area contributed by atoms with Crippen LogP contribution in [0.15, 0.2) is 23.2 Å². The maximum atomic E-state index is 14.2. The van der Waals surface area contributed by atoms with Crippen LogP contribution in [0.4, 0.5) is 0 Å². The number of ketones is 1. The lowest BCUT2D eigenvalue weighted by molar-refractivity contribution is -0.139. The molecule has 4 heterocycles. The molecule has 5 rings (SSSR count). The van der Waals surface area contributed by atoms with Crippen molar-refractivity contribution in [3.05, 3.63) is 28.8 Å². The molecule has 1 aliphatic carbocycles. The molecule has 0 aromatic carbocycles. The van der Waals surface area contributed by atoms with Crippen LogP contribution in [0.1, 0.15) is 53.3 Å². The minimum absolute atomic E-state index is 0.00221. The van der Waals surface area contributed by atoms with Crippen LogP contribution in [-0.2, 0) is 25.1 Å². The summed E-state index contributed by atoms with van der Waals surface area (Å²) >= 11 is 7.63. The molecule has 9 nitrogen and oxygen atoms in total. The predicted octanol–water partition coefficient (Wildman–Crippen LogP) is 2.49. The van der Waals surface area contributed by atoms with Crippen LogP contribution >= 0.6 is 22.9 Å². The van der Waals surface area contributed by atoms with Gasteiger partial charge >= 0.3 is 0 Å². The molecule has 1 saturated carbocycles. The number of primary amides is 1. The number of carbonyl (C=O) groups is 3. The number of alkyl halides is 1. The molecule has 2 N–H and O–H groups in total. The molecule has 2 aliphatic heterocycles. The Bertz CT molecular complexity index is 1230. The van der Waals surface area contributed by atoms with Crippen LogP contribution in [0, 0.1) is 5.92 Å². The maximum Gasteiger partial charge on any atom is 0.259 e. The topological polar surface area (TPSA) is 133 Å².